The summed E-state index contributed by atoms with van der Waals surface area (Å²) in [6.07, 6.45) is 3.59. The molecule has 4 heteroatoms. The quantitative estimate of drug-likeness (QED) is 0.752. The molecule has 0 radical (unpaired) electrons. The fourth-order valence-corrected chi connectivity index (χ4v) is 2.34. The molecule has 3 aromatic rings. The molecule has 0 bridgehead atoms. The summed E-state index contributed by atoms with van der Waals surface area (Å²) < 4.78 is 5.94. The Labute approximate surface area is 111 Å². The van der Waals surface area contributed by atoms with Crippen LogP contribution in [0.15, 0.2) is 41.1 Å². The maximum absolute atomic E-state index is 5.94. The van der Waals surface area contributed by atoms with Gasteiger partial charge in [0.2, 0.25) is 0 Å². The minimum absolute atomic E-state index is 0.150. The van der Waals surface area contributed by atoms with Gasteiger partial charge in [0.1, 0.15) is 17.2 Å². The normalized spacial score (nSPS) is 12.9. The highest BCUT2D eigenvalue weighted by molar-refractivity contribution is 5.82. The monoisotopic (exact) mass is 255 g/mol. The number of aryl methyl sites for hydroxylation is 1. The zero-order valence-corrected chi connectivity index (χ0v) is 11.1. The summed E-state index contributed by atoms with van der Waals surface area (Å²) in [4.78, 5) is 7.28. The van der Waals surface area contributed by atoms with Crippen LogP contribution in [0.5, 0.6) is 0 Å². The van der Waals surface area contributed by atoms with E-state index < -0.39 is 0 Å². The second-order valence-corrected chi connectivity index (χ2v) is 4.73. The molecule has 0 aliphatic heterocycles. The van der Waals surface area contributed by atoms with E-state index in [0.29, 0.717) is 6.54 Å². The van der Waals surface area contributed by atoms with Gasteiger partial charge < -0.3 is 14.7 Å². The third-order valence-electron chi connectivity index (χ3n) is 3.40. The van der Waals surface area contributed by atoms with Crippen LogP contribution in [0.4, 0.5) is 0 Å². The first-order valence-corrected chi connectivity index (χ1v) is 6.45. The summed E-state index contributed by atoms with van der Waals surface area (Å²) in [5.41, 5.74) is 2.15. The van der Waals surface area contributed by atoms with Crippen molar-refractivity contribution in [1.29, 1.82) is 0 Å². The average molecular weight is 255 g/mol. The van der Waals surface area contributed by atoms with Gasteiger partial charge in [0.25, 0.3) is 0 Å². The van der Waals surface area contributed by atoms with Gasteiger partial charge in [0, 0.05) is 17.8 Å². The van der Waals surface area contributed by atoms with Crippen LogP contribution in [0.1, 0.15) is 30.1 Å². The standard InChI is InChI=1S/C15H17N3O/c1-10-12-5-3-4-6-13(12)19-15(10)11(2)18-9-14-16-7-8-17-14/h3-8,11,18H,9H2,1-2H3,(H,16,17). The number of nitrogens with zero attached hydrogens (tertiary/aromatic N) is 1. The Bertz CT molecular complexity index is 670. The zero-order chi connectivity index (χ0) is 13.2. The van der Waals surface area contributed by atoms with Crippen molar-refractivity contribution in [2.45, 2.75) is 26.4 Å². The van der Waals surface area contributed by atoms with E-state index in [1.54, 1.807) is 6.20 Å². The second kappa shape index (κ2) is 4.90. The first-order valence-electron chi connectivity index (χ1n) is 6.45. The van der Waals surface area contributed by atoms with E-state index in [4.69, 9.17) is 4.42 Å². The fraction of sp³-hybridized carbons (Fsp3) is 0.267. The first kappa shape index (κ1) is 12.0. The van der Waals surface area contributed by atoms with Crippen LogP contribution in [-0.4, -0.2) is 9.97 Å². The van der Waals surface area contributed by atoms with Gasteiger partial charge in [-0.15, -0.1) is 0 Å². The number of rotatable bonds is 4. The predicted octanol–water partition coefficient (Wildman–Crippen LogP) is 3.32. The number of H-pyrrole nitrogens is 1. The number of imidazole rings is 1. The molecule has 0 aliphatic carbocycles. The van der Waals surface area contributed by atoms with Crippen molar-refractivity contribution >= 4 is 11.0 Å². The van der Waals surface area contributed by atoms with E-state index >= 15 is 0 Å². The van der Waals surface area contributed by atoms with E-state index in [-0.39, 0.29) is 6.04 Å². The topological polar surface area (TPSA) is 53.9 Å². The SMILES string of the molecule is Cc1c(C(C)NCc2ncc[nH]2)oc2ccccc12. The smallest absolute Gasteiger partial charge is 0.134 e. The summed E-state index contributed by atoms with van der Waals surface area (Å²) in [6, 6.07) is 8.28. The highest BCUT2D eigenvalue weighted by Crippen LogP contribution is 2.29. The van der Waals surface area contributed by atoms with Crippen molar-refractivity contribution in [3.05, 3.63) is 53.8 Å². The molecule has 2 N–H and O–H groups in total. The lowest BCUT2D eigenvalue weighted by Crippen LogP contribution is -2.19. The van der Waals surface area contributed by atoms with Crippen LogP contribution < -0.4 is 5.32 Å². The van der Waals surface area contributed by atoms with Crippen LogP contribution in [0, 0.1) is 6.92 Å². The third kappa shape index (κ3) is 2.27. The Morgan fingerprint density at radius 1 is 1.37 bits per heavy atom. The molecule has 2 aromatic heterocycles. The summed E-state index contributed by atoms with van der Waals surface area (Å²) in [5.74, 6) is 1.92. The Hall–Kier alpha value is -2.07. The third-order valence-corrected chi connectivity index (χ3v) is 3.40. The minimum Gasteiger partial charge on any atom is -0.459 e. The van der Waals surface area contributed by atoms with Crippen molar-refractivity contribution in [2.75, 3.05) is 0 Å². The van der Waals surface area contributed by atoms with E-state index in [0.717, 1.165) is 17.2 Å². The molecule has 0 spiro atoms. The Morgan fingerprint density at radius 2 is 2.21 bits per heavy atom. The lowest BCUT2D eigenvalue weighted by molar-refractivity contribution is 0.444. The summed E-state index contributed by atoms with van der Waals surface area (Å²) >= 11 is 0. The Kier molecular flexibility index (Phi) is 3.09. The molecule has 0 amide bonds. The van der Waals surface area contributed by atoms with Gasteiger partial charge in [0.05, 0.1) is 12.6 Å². The summed E-state index contributed by atoms with van der Waals surface area (Å²) in [5, 5.41) is 4.60. The maximum atomic E-state index is 5.94. The zero-order valence-electron chi connectivity index (χ0n) is 11.1. The first-order chi connectivity index (χ1) is 9.25. The largest absolute Gasteiger partial charge is 0.459 e. The van der Waals surface area contributed by atoms with Crippen molar-refractivity contribution in [3.63, 3.8) is 0 Å². The number of fused-ring (bicyclic) bond motifs is 1. The highest BCUT2D eigenvalue weighted by atomic mass is 16.3. The lowest BCUT2D eigenvalue weighted by Gasteiger charge is -2.11. The van der Waals surface area contributed by atoms with E-state index in [1.165, 1.54) is 10.9 Å². The number of aromatic nitrogens is 2. The highest BCUT2D eigenvalue weighted by Gasteiger charge is 2.16. The number of furan rings is 1. The molecule has 98 valence electrons. The van der Waals surface area contributed by atoms with Crippen molar-refractivity contribution in [1.82, 2.24) is 15.3 Å². The molecule has 0 fully saturated rings. The lowest BCUT2D eigenvalue weighted by atomic mass is 10.1. The second-order valence-electron chi connectivity index (χ2n) is 4.73. The number of hydrogen-bond donors (Lipinski definition) is 2. The van der Waals surface area contributed by atoms with Gasteiger partial charge in [-0.3, -0.25) is 0 Å². The summed E-state index contributed by atoms with van der Waals surface area (Å²) in [6.45, 7) is 4.91. The molecular weight excluding hydrogens is 238 g/mol. The average Bonchev–Trinajstić information content (AvgIpc) is 3.05. The molecule has 4 nitrogen and oxygen atoms in total. The van der Waals surface area contributed by atoms with Gasteiger partial charge in [-0.25, -0.2) is 4.98 Å². The molecule has 19 heavy (non-hydrogen) atoms. The van der Waals surface area contributed by atoms with Gasteiger partial charge in [-0.1, -0.05) is 18.2 Å². The van der Waals surface area contributed by atoms with Crippen molar-refractivity contribution in [2.24, 2.45) is 0 Å². The minimum atomic E-state index is 0.150. The maximum Gasteiger partial charge on any atom is 0.134 e. The molecule has 0 aliphatic rings. The van der Waals surface area contributed by atoms with Crippen LogP contribution in [0.2, 0.25) is 0 Å². The van der Waals surface area contributed by atoms with Gasteiger partial charge in [-0.05, 0) is 25.5 Å². The number of nitrogens with one attached hydrogen (secondary N) is 2. The number of para-hydroxylation sites is 1. The molecule has 1 unspecified atom stereocenters. The predicted molar refractivity (Wildman–Crippen MR) is 74.8 cm³/mol. The van der Waals surface area contributed by atoms with Crippen LogP contribution in [0.3, 0.4) is 0 Å². The van der Waals surface area contributed by atoms with Crippen molar-refractivity contribution < 1.29 is 4.42 Å². The van der Waals surface area contributed by atoms with E-state index in [2.05, 4.69) is 35.2 Å². The fourth-order valence-electron chi connectivity index (χ4n) is 2.34. The van der Waals surface area contributed by atoms with Gasteiger partial charge in [-0.2, -0.15) is 0 Å². The molecule has 0 saturated heterocycles. The number of benzene rings is 1. The van der Waals surface area contributed by atoms with Crippen molar-refractivity contribution in [3.8, 4) is 0 Å². The molecule has 0 saturated carbocycles. The molecule has 2 heterocycles. The van der Waals surface area contributed by atoms with Crippen LogP contribution >= 0.6 is 0 Å². The van der Waals surface area contributed by atoms with E-state index in [1.807, 2.05) is 24.4 Å². The molecule has 3 rings (SSSR count). The Balaban J connectivity index is 1.81. The van der Waals surface area contributed by atoms with Crippen LogP contribution in [-0.2, 0) is 6.54 Å². The summed E-state index contributed by atoms with van der Waals surface area (Å²) in [7, 11) is 0. The number of hydrogen-bond acceptors (Lipinski definition) is 3. The van der Waals surface area contributed by atoms with Gasteiger partial charge in [0.15, 0.2) is 0 Å². The molecular formula is C15H17N3O. The number of aromatic amines is 1. The van der Waals surface area contributed by atoms with Gasteiger partial charge >= 0.3 is 0 Å². The van der Waals surface area contributed by atoms with Crippen LogP contribution in [0.25, 0.3) is 11.0 Å². The van der Waals surface area contributed by atoms with E-state index in [9.17, 15) is 0 Å². The Morgan fingerprint density at radius 3 is 2.95 bits per heavy atom. The molecule has 1 aromatic carbocycles. The molecule has 1 atom stereocenters.